The van der Waals surface area contributed by atoms with Gasteiger partial charge in [0.2, 0.25) is 0 Å². The van der Waals surface area contributed by atoms with E-state index in [1.54, 1.807) is 41.3 Å². The minimum atomic E-state index is -0.290. The lowest BCUT2D eigenvalue weighted by atomic mass is 10.1. The van der Waals surface area contributed by atoms with Crippen LogP contribution in [0.2, 0.25) is 20.1 Å². The van der Waals surface area contributed by atoms with E-state index in [0.717, 1.165) is 11.3 Å². The topological polar surface area (TPSA) is 41.9 Å². The second-order valence-corrected chi connectivity index (χ2v) is 8.20. The number of amides is 1. The van der Waals surface area contributed by atoms with Crippen LogP contribution in [0.25, 0.3) is 0 Å². The number of para-hydroxylation sites is 1. The van der Waals surface area contributed by atoms with Gasteiger partial charge in [0, 0.05) is 21.2 Å². The molecule has 30 heavy (non-hydrogen) atoms. The number of rotatable bonds is 5. The number of hydrogen-bond donors (Lipinski definition) is 0. The van der Waals surface area contributed by atoms with Gasteiger partial charge in [-0.25, -0.2) is 0 Å². The Morgan fingerprint density at radius 3 is 2.30 bits per heavy atom. The molecule has 1 aliphatic rings. The molecule has 8 heteroatoms. The molecule has 3 aromatic carbocycles. The number of hydrogen-bond acceptors (Lipinski definition) is 3. The Hall–Kier alpha value is -2.24. The first kappa shape index (κ1) is 21.0. The first-order valence-corrected chi connectivity index (χ1v) is 10.4. The molecule has 152 valence electrons. The summed E-state index contributed by atoms with van der Waals surface area (Å²) in [7, 11) is 0. The van der Waals surface area contributed by atoms with Gasteiger partial charge in [0.25, 0.3) is 5.91 Å². The molecule has 1 aliphatic heterocycles. The number of benzene rings is 3. The van der Waals surface area contributed by atoms with Gasteiger partial charge >= 0.3 is 0 Å². The van der Waals surface area contributed by atoms with Crippen molar-refractivity contribution in [1.29, 1.82) is 0 Å². The maximum atomic E-state index is 13.1. The Kier molecular flexibility index (Phi) is 6.21. The van der Waals surface area contributed by atoms with Crippen molar-refractivity contribution in [2.24, 2.45) is 5.16 Å². The van der Waals surface area contributed by atoms with Crippen molar-refractivity contribution in [3.8, 4) is 0 Å². The quantitative estimate of drug-likeness (QED) is 0.379. The molecule has 0 aromatic heterocycles. The zero-order valence-corrected chi connectivity index (χ0v) is 18.4. The molecule has 0 unspecified atom stereocenters. The monoisotopic (exact) mass is 478 g/mol. The summed E-state index contributed by atoms with van der Waals surface area (Å²) in [5.74, 6) is -0.290. The third kappa shape index (κ3) is 4.14. The number of carbonyl (C=O) groups is 1. The lowest BCUT2D eigenvalue weighted by Crippen LogP contribution is -2.30. The summed E-state index contributed by atoms with van der Waals surface area (Å²) in [6.45, 7) is 0.367. The van der Waals surface area contributed by atoms with Crippen LogP contribution in [0.5, 0.6) is 0 Å². The van der Waals surface area contributed by atoms with E-state index in [9.17, 15) is 4.79 Å². The summed E-state index contributed by atoms with van der Waals surface area (Å²) in [5, 5.41) is 5.99. The van der Waals surface area contributed by atoms with Crippen molar-refractivity contribution < 1.29 is 9.63 Å². The van der Waals surface area contributed by atoms with E-state index in [1.807, 2.05) is 24.3 Å². The van der Waals surface area contributed by atoms with E-state index in [0.29, 0.717) is 31.2 Å². The Morgan fingerprint density at radius 2 is 1.57 bits per heavy atom. The van der Waals surface area contributed by atoms with E-state index in [-0.39, 0.29) is 24.8 Å². The fourth-order valence-corrected chi connectivity index (χ4v) is 3.99. The molecule has 0 spiro atoms. The minimum absolute atomic E-state index is 0.145. The Bertz CT molecular complexity index is 1140. The first-order valence-electron chi connectivity index (χ1n) is 8.93. The summed E-state index contributed by atoms with van der Waals surface area (Å²) >= 11 is 24.5. The molecule has 0 saturated heterocycles. The molecule has 1 heterocycles. The molecular formula is C22H14Cl4N2O2. The van der Waals surface area contributed by atoms with Gasteiger partial charge in [-0.15, -0.1) is 0 Å². The third-order valence-corrected chi connectivity index (χ3v) is 6.09. The van der Waals surface area contributed by atoms with Crippen molar-refractivity contribution >= 4 is 63.7 Å². The fourth-order valence-electron chi connectivity index (χ4n) is 3.15. The average molecular weight is 480 g/mol. The van der Waals surface area contributed by atoms with Gasteiger partial charge in [-0.3, -0.25) is 4.79 Å². The summed E-state index contributed by atoms with van der Waals surface area (Å²) in [6.07, 6.45) is 0. The van der Waals surface area contributed by atoms with E-state index in [2.05, 4.69) is 5.16 Å². The predicted octanol–water partition coefficient (Wildman–Crippen LogP) is 6.77. The highest BCUT2D eigenvalue weighted by Gasteiger charge is 2.35. The molecule has 0 radical (unpaired) electrons. The van der Waals surface area contributed by atoms with Gasteiger partial charge in [-0.05, 0) is 35.9 Å². The summed E-state index contributed by atoms with van der Waals surface area (Å²) in [5.41, 5.74) is 3.07. The molecule has 0 aliphatic carbocycles. The predicted molar refractivity (Wildman–Crippen MR) is 122 cm³/mol. The Balaban J connectivity index is 1.59. The number of carbonyl (C=O) groups excluding carboxylic acids is 1. The first-order chi connectivity index (χ1) is 14.5. The highest BCUT2D eigenvalue weighted by atomic mass is 35.5. The smallest absolute Gasteiger partial charge is 0.281 e. The highest BCUT2D eigenvalue weighted by Crippen LogP contribution is 2.34. The normalized spacial score (nSPS) is 14.3. The van der Waals surface area contributed by atoms with Crippen LogP contribution >= 0.6 is 46.4 Å². The van der Waals surface area contributed by atoms with Crippen LogP contribution in [-0.4, -0.2) is 11.6 Å². The van der Waals surface area contributed by atoms with Crippen molar-refractivity contribution in [3.05, 3.63) is 97.4 Å². The van der Waals surface area contributed by atoms with E-state index in [4.69, 9.17) is 51.2 Å². The molecule has 0 saturated carbocycles. The Labute approximate surface area is 193 Å². The second kappa shape index (κ2) is 8.86. The molecule has 1 amide bonds. The molecule has 0 fully saturated rings. The summed E-state index contributed by atoms with van der Waals surface area (Å²) < 4.78 is 0. The van der Waals surface area contributed by atoms with E-state index >= 15 is 0 Å². The standard InChI is InChI=1S/C22H14Cl4N2O2/c23-16-5-3-6-17(24)15(16)11-28-20-7-2-1-4-14(20)21(22(28)29)27-30-12-13-8-9-18(25)19(26)10-13/h1-10H,11-12H2/b27-21+. The molecule has 0 N–H and O–H groups in total. The zero-order valence-electron chi connectivity index (χ0n) is 15.4. The van der Waals surface area contributed by atoms with Crippen LogP contribution in [-0.2, 0) is 22.8 Å². The van der Waals surface area contributed by atoms with Crippen molar-refractivity contribution in [2.45, 2.75) is 13.2 Å². The van der Waals surface area contributed by atoms with Gasteiger partial charge in [-0.2, -0.15) is 0 Å². The average Bonchev–Trinajstić information content (AvgIpc) is 2.99. The maximum Gasteiger partial charge on any atom is 0.281 e. The van der Waals surface area contributed by atoms with Gasteiger partial charge < -0.3 is 9.74 Å². The van der Waals surface area contributed by atoms with Crippen LogP contribution in [0.1, 0.15) is 16.7 Å². The lowest BCUT2D eigenvalue weighted by Gasteiger charge is -2.18. The van der Waals surface area contributed by atoms with E-state index < -0.39 is 0 Å². The SMILES string of the molecule is O=C1/C(=N/OCc2ccc(Cl)c(Cl)c2)c2ccccc2N1Cc1c(Cl)cccc1Cl. The van der Waals surface area contributed by atoms with Gasteiger partial charge in [-0.1, -0.05) is 81.9 Å². The van der Waals surface area contributed by atoms with Crippen molar-refractivity contribution in [3.63, 3.8) is 0 Å². The van der Waals surface area contributed by atoms with E-state index in [1.165, 1.54) is 0 Å². The molecule has 3 aromatic rings. The molecule has 4 nitrogen and oxygen atoms in total. The zero-order chi connectivity index (χ0) is 21.3. The number of nitrogens with zero attached hydrogens (tertiary/aromatic N) is 2. The molecular weight excluding hydrogens is 466 g/mol. The molecule has 0 bridgehead atoms. The molecule has 0 atom stereocenters. The number of oxime groups is 1. The molecule has 4 rings (SSSR count). The second-order valence-electron chi connectivity index (χ2n) is 6.57. The van der Waals surface area contributed by atoms with Crippen LogP contribution in [0.3, 0.4) is 0 Å². The van der Waals surface area contributed by atoms with Gasteiger partial charge in [0.15, 0.2) is 5.71 Å². The van der Waals surface area contributed by atoms with Crippen LogP contribution < -0.4 is 4.90 Å². The van der Waals surface area contributed by atoms with Crippen molar-refractivity contribution in [1.82, 2.24) is 0 Å². The number of fused-ring (bicyclic) bond motifs is 1. The summed E-state index contributed by atoms with van der Waals surface area (Å²) in [6, 6.07) is 17.8. The Morgan fingerprint density at radius 1 is 0.833 bits per heavy atom. The highest BCUT2D eigenvalue weighted by molar-refractivity contribution is 6.54. The summed E-state index contributed by atoms with van der Waals surface area (Å²) in [4.78, 5) is 20.2. The third-order valence-electron chi connectivity index (χ3n) is 4.65. The van der Waals surface area contributed by atoms with Gasteiger partial charge in [0.1, 0.15) is 6.61 Å². The number of anilines is 1. The van der Waals surface area contributed by atoms with Crippen LogP contribution in [0, 0.1) is 0 Å². The van der Waals surface area contributed by atoms with Crippen LogP contribution in [0.15, 0.2) is 65.8 Å². The van der Waals surface area contributed by atoms with Crippen molar-refractivity contribution in [2.75, 3.05) is 4.90 Å². The minimum Gasteiger partial charge on any atom is -0.390 e. The lowest BCUT2D eigenvalue weighted by molar-refractivity contribution is -0.112. The fraction of sp³-hybridized carbons (Fsp3) is 0.0909. The number of halogens is 4. The maximum absolute atomic E-state index is 13.1. The largest absolute Gasteiger partial charge is 0.390 e. The van der Waals surface area contributed by atoms with Crippen LogP contribution in [0.4, 0.5) is 5.69 Å². The van der Waals surface area contributed by atoms with Gasteiger partial charge in [0.05, 0.1) is 22.3 Å².